The van der Waals surface area contributed by atoms with Crippen LogP contribution in [-0.2, 0) is 0 Å². The van der Waals surface area contributed by atoms with Gasteiger partial charge in [-0.25, -0.2) is 4.98 Å². The van der Waals surface area contributed by atoms with Gasteiger partial charge in [-0.05, 0) is 36.4 Å². The molecule has 0 atom stereocenters. The highest BCUT2D eigenvalue weighted by atomic mass is 16.5. The minimum absolute atomic E-state index is 0.302. The van der Waals surface area contributed by atoms with Gasteiger partial charge in [0.25, 0.3) is 5.89 Å². The van der Waals surface area contributed by atoms with Crippen LogP contribution in [0.2, 0.25) is 0 Å². The van der Waals surface area contributed by atoms with Crippen LogP contribution in [0.3, 0.4) is 0 Å². The molecular weight excluding hydrogens is 268 g/mol. The minimum Gasteiger partial charge on any atom is -0.497 e. The molecule has 0 bridgehead atoms. The van der Waals surface area contributed by atoms with Crippen molar-refractivity contribution in [2.24, 2.45) is 0 Å². The molecule has 0 N–H and O–H groups in total. The lowest BCUT2D eigenvalue weighted by Crippen LogP contribution is -1.85. The zero-order valence-electron chi connectivity index (χ0n) is 11.1. The smallest absolute Gasteiger partial charge is 0.258 e. The van der Waals surface area contributed by atoms with Crippen molar-refractivity contribution in [3.8, 4) is 34.7 Å². The maximum atomic E-state index is 8.85. The van der Waals surface area contributed by atoms with Gasteiger partial charge in [0.1, 0.15) is 17.5 Å². The van der Waals surface area contributed by atoms with Crippen molar-refractivity contribution in [1.29, 1.82) is 5.26 Å². The van der Waals surface area contributed by atoms with Crippen molar-refractivity contribution in [2.45, 2.75) is 0 Å². The van der Waals surface area contributed by atoms with E-state index in [0.717, 1.165) is 11.3 Å². The van der Waals surface area contributed by atoms with E-state index in [1.165, 1.54) is 6.20 Å². The summed E-state index contributed by atoms with van der Waals surface area (Å²) in [6.45, 7) is 0. The third kappa shape index (κ3) is 2.58. The summed E-state index contributed by atoms with van der Waals surface area (Å²) in [6, 6.07) is 12.6. The second-order valence-electron chi connectivity index (χ2n) is 4.19. The molecule has 0 spiro atoms. The number of ether oxygens (including phenoxy) is 1. The van der Waals surface area contributed by atoms with Crippen LogP contribution in [0.25, 0.3) is 22.8 Å². The van der Waals surface area contributed by atoms with Crippen molar-refractivity contribution < 1.29 is 9.26 Å². The molecule has 1 aromatic carbocycles. The second-order valence-corrected chi connectivity index (χ2v) is 4.19. The third-order valence-electron chi connectivity index (χ3n) is 2.90. The molecule has 6 heteroatoms. The number of nitriles is 1. The molecule has 0 aliphatic carbocycles. The summed E-state index contributed by atoms with van der Waals surface area (Å²) < 4.78 is 10.3. The van der Waals surface area contributed by atoms with Gasteiger partial charge in [-0.1, -0.05) is 5.16 Å². The largest absolute Gasteiger partial charge is 0.497 e. The molecule has 0 saturated heterocycles. The molecule has 0 saturated carbocycles. The van der Waals surface area contributed by atoms with E-state index in [1.807, 2.05) is 30.3 Å². The highest BCUT2D eigenvalue weighted by Crippen LogP contribution is 2.23. The maximum absolute atomic E-state index is 8.85. The van der Waals surface area contributed by atoms with E-state index in [4.69, 9.17) is 14.5 Å². The highest BCUT2D eigenvalue weighted by molar-refractivity contribution is 5.60. The molecule has 2 aromatic heterocycles. The Balaban J connectivity index is 1.93. The predicted molar refractivity (Wildman–Crippen MR) is 74.2 cm³/mol. The van der Waals surface area contributed by atoms with E-state index >= 15 is 0 Å². The number of pyridine rings is 1. The number of aromatic nitrogens is 3. The molecule has 0 radical (unpaired) electrons. The summed E-state index contributed by atoms with van der Waals surface area (Å²) >= 11 is 0. The van der Waals surface area contributed by atoms with Crippen LogP contribution in [0.4, 0.5) is 0 Å². The van der Waals surface area contributed by atoms with Gasteiger partial charge in [-0.15, -0.1) is 0 Å². The summed E-state index contributed by atoms with van der Waals surface area (Å²) in [6.07, 6.45) is 1.53. The van der Waals surface area contributed by atoms with Crippen molar-refractivity contribution in [3.63, 3.8) is 0 Å². The quantitative estimate of drug-likeness (QED) is 0.732. The first-order valence-corrected chi connectivity index (χ1v) is 6.15. The average Bonchev–Trinajstić information content (AvgIpc) is 3.05. The molecule has 0 unspecified atom stereocenters. The summed E-state index contributed by atoms with van der Waals surface area (Å²) in [5.74, 6) is 1.58. The van der Waals surface area contributed by atoms with E-state index in [1.54, 1.807) is 19.2 Å². The number of hydrogen-bond acceptors (Lipinski definition) is 6. The van der Waals surface area contributed by atoms with Crippen molar-refractivity contribution in [1.82, 2.24) is 15.1 Å². The van der Waals surface area contributed by atoms with Crippen LogP contribution in [0.5, 0.6) is 5.75 Å². The van der Waals surface area contributed by atoms with Gasteiger partial charge in [0.2, 0.25) is 5.82 Å². The van der Waals surface area contributed by atoms with Crippen LogP contribution in [-0.4, -0.2) is 22.2 Å². The second kappa shape index (κ2) is 5.43. The highest BCUT2D eigenvalue weighted by Gasteiger charge is 2.11. The summed E-state index contributed by atoms with van der Waals surface area (Å²) in [7, 11) is 1.61. The minimum atomic E-state index is 0.302. The normalized spacial score (nSPS) is 10.1. The fraction of sp³-hybridized carbons (Fsp3) is 0.0667. The molecule has 0 aliphatic heterocycles. The SMILES string of the molecule is COc1ccc(-c2noc(-c3ccnc(C#N)c3)n2)cc1. The zero-order chi connectivity index (χ0) is 14.7. The maximum Gasteiger partial charge on any atom is 0.258 e. The topological polar surface area (TPSA) is 84.8 Å². The van der Waals surface area contributed by atoms with E-state index < -0.39 is 0 Å². The molecule has 0 aliphatic rings. The number of rotatable bonds is 3. The molecule has 0 fully saturated rings. The van der Waals surface area contributed by atoms with Gasteiger partial charge < -0.3 is 9.26 Å². The Bertz CT molecular complexity index is 803. The van der Waals surface area contributed by atoms with Gasteiger partial charge in [0, 0.05) is 17.3 Å². The molecule has 102 valence electrons. The molecule has 21 heavy (non-hydrogen) atoms. The monoisotopic (exact) mass is 278 g/mol. The molecule has 0 amide bonds. The Morgan fingerprint density at radius 2 is 1.95 bits per heavy atom. The predicted octanol–water partition coefficient (Wildman–Crippen LogP) is 2.68. The van der Waals surface area contributed by atoms with Crippen LogP contribution < -0.4 is 4.74 Å². The Morgan fingerprint density at radius 3 is 2.67 bits per heavy atom. The molecular formula is C15H10N4O2. The Morgan fingerprint density at radius 1 is 1.14 bits per heavy atom. The fourth-order valence-corrected chi connectivity index (χ4v) is 1.82. The Labute approximate surface area is 120 Å². The average molecular weight is 278 g/mol. The van der Waals surface area contributed by atoms with Gasteiger partial charge in [0.05, 0.1) is 7.11 Å². The standard InChI is InChI=1S/C15H10N4O2/c1-20-13-4-2-10(3-5-13)14-18-15(21-19-14)11-6-7-17-12(8-11)9-16/h2-8H,1H3. The number of methoxy groups -OCH3 is 1. The third-order valence-corrected chi connectivity index (χ3v) is 2.90. The number of nitrogens with zero attached hydrogens (tertiary/aromatic N) is 4. The summed E-state index contributed by atoms with van der Waals surface area (Å²) in [5.41, 5.74) is 1.78. The Hall–Kier alpha value is -3.20. The zero-order valence-corrected chi connectivity index (χ0v) is 11.1. The van der Waals surface area contributed by atoms with Crippen molar-refractivity contribution in [3.05, 3.63) is 48.3 Å². The van der Waals surface area contributed by atoms with Gasteiger partial charge >= 0.3 is 0 Å². The Kier molecular flexibility index (Phi) is 3.31. The van der Waals surface area contributed by atoms with Crippen LogP contribution in [0, 0.1) is 11.3 Å². The van der Waals surface area contributed by atoms with Crippen LogP contribution >= 0.6 is 0 Å². The van der Waals surface area contributed by atoms with E-state index in [2.05, 4.69) is 15.1 Å². The molecule has 2 heterocycles. The summed E-state index contributed by atoms with van der Waals surface area (Å²) in [5, 5.41) is 12.8. The lowest BCUT2D eigenvalue weighted by Gasteiger charge is -1.98. The first kappa shape index (κ1) is 12.8. The first-order chi connectivity index (χ1) is 10.3. The fourth-order valence-electron chi connectivity index (χ4n) is 1.82. The number of benzene rings is 1. The molecule has 3 rings (SSSR count). The lowest BCUT2D eigenvalue weighted by molar-refractivity contribution is 0.415. The first-order valence-electron chi connectivity index (χ1n) is 6.15. The van der Waals surface area contributed by atoms with Crippen molar-refractivity contribution in [2.75, 3.05) is 7.11 Å². The van der Waals surface area contributed by atoms with Crippen molar-refractivity contribution >= 4 is 0 Å². The summed E-state index contributed by atoms with van der Waals surface area (Å²) in [4.78, 5) is 8.23. The van der Waals surface area contributed by atoms with E-state index in [9.17, 15) is 0 Å². The molecule has 3 aromatic rings. The van der Waals surface area contributed by atoms with Gasteiger partial charge in [-0.2, -0.15) is 10.2 Å². The lowest BCUT2D eigenvalue weighted by atomic mass is 10.2. The van der Waals surface area contributed by atoms with Crippen LogP contribution in [0.1, 0.15) is 5.69 Å². The molecule has 6 nitrogen and oxygen atoms in total. The van der Waals surface area contributed by atoms with Gasteiger partial charge in [0.15, 0.2) is 0 Å². The number of hydrogen-bond donors (Lipinski definition) is 0. The van der Waals surface area contributed by atoms with Crippen LogP contribution in [0.15, 0.2) is 47.1 Å². The van der Waals surface area contributed by atoms with Gasteiger partial charge in [-0.3, -0.25) is 0 Å². The van der Waals surface area contributed by atoms with E-state index in [-0.39, 0.29) is 0 Å². The van der Waals surface area contributed by atoms with E-state index in [0.29, 0.717) is 23.0 Å².